The van der Waals surface area contributed by atoms with Crippen LogP contribution in [0.5, 0.6) is 0 Å². The maximum atomic E-state index is 12.7. The highest BCUT2D eigenvalue weighted by Crippen LogP contribution is 2.40. The molecule has 0 atom stereocenters. The molecule has 1 saturated carbocycles. The highest BCUT2D eigenvalue weighted by molar-refractivity contribution is 6.02. The monoisotopic (exact) mass is 281 g/mol. The third kappa shape index (κ3) is 2.21. The maximum Gasteiger partial charge on any atom is 0.416 e. The molecule has 1 aliphatic carbocycles. The zero-order valence-electron chi connectivity index (χ0n) is 10.2. The van der Waals surface area contributed by atoms with Crippen molar-refractivity contribution in [3.63, 3.8) is 0 Å². The molecule has 0 aliphatic heterocycles. The van der Waals surface area contributed by atoms with Gasteiger partial charge in [-0.2, -0.15) is 13.2 Å². The number of carbonyl (C=O) groups is 1. The summed E-state index contributed by atoms with van der Waals surface area (Å²) >= 11 is 0. The number of fused-ring (bicyclic) bond motifs is 1. The largest absolute Gasteiger partial charge is 0.478 e. The molecule has 6 heteroatoms. The molecule has 1 aromatic carbocycles. The first-order valence-corrected chi connectivity index (χ1v) is 6.11. The van der Waals surface area contributed by atoms with Gasteiger partial charge in [0.15, 0.2) is 0 Å². The molecule has 0 bridgehead atoms. The minimum absolute atomic E-state index is 0.0247. The van der Waals surface area contributed by atoms with Crippen LogP contribution in [0.15, 0.2) is 24.3 Å². The van der Waals surface area contributed by atoms with Crippen LogP contribution < -0.4 is 0 Å². The first-order chi connectivity index (χ1) is 9.36. The van der Waals surface area contributed by atoms with Gasteiger partial charge in [-0.15, -0.1) is 0 Å². The Labute approximate surface area is 112 Å². The van der Waals surface area contributed by atoms with Gasteiger partial charge in [0.2, 0.25) is 0 Å². The van der Waals surface area contributed by atoms with Crippen LogP contribution in [0, 0.1) is 0 Å². The standard InChI is InChI=1S/C14H10F3NO2/c15-14(16,17)8-3-4-11-9(5-8)10(13(19)20)6-12(18-11)7-1-2-7/h3-7H,1-2H2,(H,19,20). The number of aromatic carboxylic acids is 1. The van der Waals surface area contributed by atoms with E-state index in [9.17, 15) is 23.1 Å². The number of pyridine rings is 1. The summed E-state index contributed by atoms with van der Waals surface area (Å²) < 4.78 is 38.1. The van der Waals surface area contributed by atoms with Crippen LogP contribution in [0.2, 0.25) is 0 Å². The summed E-state index contributed by atoms with van der Waals surface area (Å²) in [6, 6.07) is 4.40. The number of alkyl halides is 3. The van der Waals surface area contributed by atoms with Crippen LogP contribution in [0.25, 0.3) is 10.9 Å². The van der Waals surface area contributed by atoms with Crippen LogP contribution in [-0.4, -0.2) is 16.1 Å². The molecule has 1 heterocycles. The van der Waals surface area contributed by atoms with Crippen molar-refractivity contribution < 1.29 is 23.1 Å². The van der Waals surface area contributed by atoms with Gasteiger partial charge in [0.1, 0.15) is 0 Å². The minimum atomic E-state index is -4.50. The molecular weight excluding hydrogens is 271 g/mol. The van der Waals surface area contributed by atoms with E-state index >= 15 is 0 Å². The zero-order valence-corrected chi connectivity index (χ0v) is 10.2. The fourth-order valence-electron chi connectivity index (χ4n) is 2.19. The molecule has 3 nitrogen and oxygen atoms in total. The summed E-state index contributed by atoms with van der Waals surface area (Å²) in [4.78, 5) is 15.5. The zero-order chi connectivity index (χ0) is 14.5. The molecule has 20 heavy (non-hydrogen) atoms. The van der Waals surface area contributed by atoms with E-state index in [1.165, 1.54) is 12.1 Å². The third-order valence-corrected chi connectivity index (χ3v) is 3.38. The molecular formula is C14H10F3NO2. The molecule has 104 valence electrons. The van der Waals surface area contributed by atoms with Crippen molar-refractivity contribution in [1.82, 2.24) is 4.98 Å². The Balaban J connectivity index is 2.25. The van der Waals surface area contributed by atoms with Crippen molar-refractivity contribution in [3.8, 4) is 0 Å². The van der Waals surface area contributed by atoms with E-state index in [0.29, 0.717) is 11.2 Å². The molecule has 3 rings (SSSR count). The third-order valence-electron chi connectivity index (χ3n) is 3.38. The smallest absolute Gasteiger partial charge is 0.416 e. The van der Waals surface area contributed by atoms with Crippen molar-refractivity contribution in [2.24, 2.45) is 0 Å². The number of hydrogen-bond acceptors (Lipinski definition) is 2. The van der Waals surface area contributed by atoms with Gasteiger partial charge in [-0.3, -0.25) is 4.98 Å². The molecule has 0 saturated heterocycles. The van der Waals surface area contributed by atoms with E-state index in [1.54, 1.807) is 0 Å². The van der Waals surface area contributed by atoms with Crippen molar-refractivity contribution in [1.29, 1.82) is 0 Å². The number of hydrogen-bond donors (Lipinski definition) is 1. The number of carboxylic acid groups (broad SMARTS) is 1. The fraction of sp³-hybridized carbons (Fsp3) is 0.286. The van der Waals surface area contributed by atoms with Crippen LogP contribution >= 0.6 is 0 Å². The Hall–Kier alpha value is -2.11. The second-order valence-electron chi connectivity index (χ2n) is 4.90. The number of nitrogens with zero attached hydrogens (tertiary/aromatic N) is 1. The Kier molecular flexibility index (Phi) is 2.70. The Morgan fingerprint density at radius 1 is 1.25 bits per heavy atom. The van der Waals surface area contributed by atoms with Gasteiger partial charge < -0.3 is 5.11 Å². The fourth-order valence-corrected chi connectivity index (χ4v) is 2.19. The molecule has 0 amide bonds. The molecule has 2 aromatic rings. The van der Waals surface area contributed by atoms with Gasteiger partial charge in [-0.25, -0.2) is 4.79 Å². The van der Waals surface area contributed by atoms with Crippen LogP contribution in [-0.2, 0) is 6.18 Å². The van der Waals surface area contributed by atoms with Crippen LogP contribution in [0.3, 0.4) is 0 Å². The molecule has 1 fully saturated rings. The van der Waals surface area contributed by atoms with Gasteiger partial charge in [-0.05, 0) is 37.1 Å². The highest BCUT2D eigenvalue weighted by Gasteiger charge is 2.32. The summed E-state index contributed by atoms with van der Waals surface area (Å²) in [7, 11) is 0. The van der Waals surface area contributed by atoms with Gasteiger partial charge in [0.25, 0.3) is 0 Å². The lowest BCUT2D eigenvalue weighted by atomic mass is 10.0. The Morgan fingerprint density at radius 2 is 1.95 bits per heavy atom. The second kappa shape index (κ2) is 4.19. The summed E-state index contributed by atoms with van der Waals surface area (Å²) in [5, 5.41) is 9.22. The summed E-state index contributed by atoms with van der Waals surface area (Å²) in [5.41, 5.74) is -0.0501. The number of aromatic nitrogens is 1. The van der Waals surface area contributed by atoms with Crippen LogP contribution in [0.4, 0.5) is 13.2 Å². The number of rotatable bonds is 2. The van der Waals surface area contributed by atoms with Crippen molar-refractivity contribution in [3.05, 3.63) is 41.1 Å². The lowest BCUT2D eigenvalue weighted by Gasteiger charge is -2.10. The van der Waals surface area contributed by atoms with Crippen molar-refractivity contribution in [2.45, 2.75) is 24.9 Å². The van der Waals surface area contributed by atoms with Crippen molar-refractivity contribution >= 4 is 16.9 Å². The molecule has 1 aromatic heterocycles. The topological polar surface area (TPSA) is 50.2 Å². The Bertz CT molecular complexity index is 705. The summed E-state index contributed by atoms with van der Waals surface area (Å²) in [6.07, 6.45) is -2.62. The van der Waals surface area contributed by atoms with Gasteiger partial charge >= 0.3 is 12.1 Å². The summed E-state index contributed by atoms with van der Waals surface area (Å²) in [6.45, 7) is 0. The first kappa shape index (κ1) is 12.9. The van der Waals surface area contributed by atoms with Crippen LogP contribution in [0.1, 0.15) is 40.4 Å². The van der Waals surface area contributed by atoms with E-state index < -0.39 is 17.7 Å². The van der Waals surface area contributed by atoms with Gasteiger partial charge in [-0.1, -0.05) is 0 Å². The highest BCUT2D eigenvalue weighted by atomic mass is 19.4. The van der Waals surface area contributed by atoms with E-state index in [0.717, 1.165) is 25.0 Å². The van der Waals surface area contributed by atoms with E-state index in [4.69, 9.17) is 0 Å². The lowest BCUT2D eigenvalue weighted by molar-refractivity contribution is -0.137. The predicted octanol–water partition coefficient (Wildman–Crippen LogP) is 3.83. The normalized spacial score (nSPS) is 15.6. The van der Waals surface area contributed by atoms with E-state index in [1.807, 2.05) is 0 Å². The van der Waals surface area contributed by atoms with Gasteiger partial charge in [0.05, 0.1) is 16.6 Å². The molecule has 0 unspecified atom stereocenters. The molecule has 0 radical (unpaired) electrons. The number of carboxylic acids is 1. The first-order valence-electron chi connectivity index (χ1n) is 6.11. The average molecular weight is 281 g/mol. The average Bonchev–Trinajstić information content (AvgIpc) is 3.19. The lowest BCUT2D eigenvalue weighted by Crippen LogP contribution is -2.07. The number of benzene rings is 1. The minimum Gasteiger partial charge on any atom is -0.478 e. The summed E-state index contributed by atoms with van der Waals surface area (Å²) in [5.74, 6) is -1.00. The Morgan fingerprint density at radius 3 is 2.50 bits per heavy atom. The molecule has 0 spiro atoms. The van der Waals surface area contributed by atoms with Gasteiger partial charge in [0, 0.05) is 17.0 Å². The number of halogens is 3. The van der Waals surface area contributed by atoms with E-state index in [2.05, 4.69) is 4.98 Å². The molecule has 1 N–H and O–H groups in total. The maximum absolute atomic E-state index is 12.7. The predicted molar refractivity (Wildman–Crippen MR) is 65.7 cm³/mol. The van der Waals surface area contributed by atoms with Crippen molar-refractivity contribution in [2.75, 3.05) is 0 Å². The quantitative estimate of drug-likeness (QED) is 0.910. The van der Waals surface area contributed by atoms with E-state index in [-0.39, 0.29) is 16.9 Å². The second-order valence-corrected chi connectivity index (χ2v) is 4.90. The SMILES string of the molecule is O=C(O)c1cc(C2CC2)nc2ccc(C(F)(F)F)cc12. The molecule has 1 aliphatic rings.